The fourth-order valence-corrected chi connectivity index (χ4v) is 5.16. The van der Waals surface area contributed by atoms with E-state index in [1.54, 1.807) is 0 Å². The summed E-state index contributed by atoms with van der Waals surface area (Å²) in [5.41, 5.74) is 5.38. The van der Waals surface area contributed by atoms with E-state index in [-0.39, 0.29) is 23.7 Å². The number of carbonyl (C=O) groups excluding carboxylic acids is 2. The summed E-state index contributed by atoms with van der Waals surface area (Å²) in [6.45, 7) is 4.38. The Bertz CT molecular complexity index is 1140. The van der Waals surface area contributed by atoms with Crippen LogP contribution < -0.4 is 0 Å². The van der Waals surface area contributed by atoms with Gasteiger partial charge in [0, 0.05) is 37.7 Å². The van der Waals surface area contributed by atoms with Gasteiger partial charge in [0.25, 0.3) is 5.91 Å². The molecule has 0 aromatic heterocycles. The minimum Gasteiger partial charge on any atom is -0.338 e. The lowest BCUT2D eigenvalue weighted by atomic mass is 9.87. The van der Waals surface area contributed by atoms with E-state index < -0.39 is 0 Å². The van der Waals surface area contributed by atoms with Crippen molar-refractivity contribution in [3.8, 4) is 0 Å². The third-order valence-electron chi connectivity index (χ3n) is 6.97. The van der Waals surface area contributed by atoms with E-state index in [1.165, 1.54) is 11.1 Å². The van der Waals surface area contributed by atoms with E-state index in [0.717, 1.165) is 29.7 Å². The van der Waals surface area contributed by atoms with Crippen LogP contribution in [0.2, 0.25) is 0 Å². The number of likely N-dealkylation sites (tertiary alicyclic amines) is 1. The van der Waals surface area contributed by atoms with Gasteiger partial charge in [0.15, 0.2) is 0 Å². The zero-order valence-electron chi connectivity index (χ0n) is 18.4. The van der Waals surface area contributed by atoms with Crippen molar-refractivity contribution in [1.82, 2.24) is 9.80 Å². The average Bonchev–Trinajstić information content (AvgIpc) is 3.29. The van der Waals surface area contributed by atoms with Crippen molar-refractivity contribution in [1.29, 1.82) is 0 Å². The van der Waals surface area contributed by atoms with Crippen molar-refractivity contribution in [2.75, 3.05) is 19.6 Å². The Hall–Kier alpha value is -3.40. The number of carbonyl (C=O) groups is 2. The number of nitrogens with zero attached hydrogens (tertiary/aromatic N) is 2. The molecule has 0 N–H and O–H groups in total. The van der Waals surface area contributed by atoms with E-state index >= 15 is 0 Å². The zero-order chi connectivity index (χ0) is 22.1. The summed E-state index contributed by atoms with van der Waals surface area (Å²) in [6, 6.07) is 26.3. The van der Waals surface area contributed by atoms with Gasteiger partial charge in [-0.1, -0.05) is 72.8 Å². The van der Waals surface area contributed by atoms with Crippen LogP contribution in [0.5, 0.6) is 0 Å². The lowest BCUT2D eigenvalue weighted by molar-refractivity contribution is -0.136. The number of aryl methyl sites for hydroxylation is 1. The first kappa shape index (κ1) is 20.5. The van der Waals surface area contributed by atoms with Crippen molar-refractivity contribution in [3.63, 3.8) is 0 Å². The molecule has 1 saturated heterocycles. The van der Waals surface area contributed by atoms with Crippen LogP contribution in [0.1, 0.15) is 38.5 Å². The van der Waals surface area contributed by atoms with Crippen LogP contribution in [0.4, 0.5) is 0 Å². The molecule has 0 aliphatic carbocycles. The second-order valence-corrected chi connectivity index (χ2v) is 8.93. The maximum atomic E-state index is 13.8. The summed E-state index contributed by atoms with van der Waals surface area (Å²) in [5, 5.41) is 0. The van der Waals surface area contributed by atoms with Crippen LogP contribution in [0.15, 0.2) is 78.9 Å². The zero-order valence-corrected chi connectivity index (χ0v) is 18.4. The summed E-state index contributed by atoms with van der Waals surface area (Å²) in [4.78, 5) is 31.0. The van der Waals surface area contributed by atoms with Crippen LogP contribution in [0.25, 0.3) is 0 Å². The molecule has 2 heterocycles. The first-order valence-electron chi connectivity index (χ1n) is 11.4. The fraction of sp³-hybridized carbons (Fsp3) is 0.286. The molecule has 0 saturated carbocycles. The van der Waals surface area contributed by atoms with Gasteiger partial charge in [-0.3, -0.25) is 9.59 Å². The molecule has 5 rings (SSSR count). The minimum atomic E-state index is -0.226. The minimum absolute atomic E-state index is 0.00818. The first-order valence-corrected chi connectivity index (χ1v) is 11.4. The van der Waals surface area contributed by atoms with Gasteiger partial charge in [-0.25, -0.2) is 0 Å². The van der Waals surface area contributed by atoms with Crippen LogP contribution in [0, 0.1) is 12.8 Å². The van der Waals surface area contributed by atoms with Gasteiger partial charge in [-0.15, -0.1) is 0 Å². The van der Waals surface area contributed by atoms with E-state index in [9.17, 15) is 9.59 Å². The first-order chi connectivity index (χ1) is 15.6. The Morgan fingerprint density at radius 3 is 2.25 bits per heavy atom. The molecule has 32 heavy (non-hydrogen) atoms. The number of fused-ring (bicyclic) bond motifs is 1. The maximum Gasteiger partial charge on any atom is 0.254 e. The average molecular weight is 425 g/mol. The normalized spacial score (nSPS) is 20.2. The molecule has 2 atom stereocenters. The Morgan fingerprint density at radius 2 is 1.47 bits per heavy atom. The molecule has 2 amide bonds. The number of hydrogen-bond donors (Lipinski definition) is 0. The largest absolute Gasteiger partial charge is 0.338 e. The molecule has 3 aromatic carbocycles. The summed E-state index contributed by atoms with van der Waals surface area (Å²) in [5.74, 6) is -0.0405. The van der Waals surface area contributed by atoms with E-state index in [1.807, 2.05) is 65.3 Å². The molecular weight excluding hydrogens is 396 g/mol. The number of hydrogen-bond acceptors (Lipinski definition) is 2. The summed E-state index contributed by atoms with van der Waals surface area (Å²) in [6.07, 6.45) is 0.885. The molecule has 0 spiro atoms. The Morgan fingerprint density at radius 1 is 0.781 bits per heavy atom. The van der Waals surface area contributed by atoms with Crippen LogP contribution >= 0.6 is 0 Å². The monoisotopic (exact) mass is 424 g/mol. The highest BCUT2D eigenvalue weighted by atomic mass is 16.2. The number of benzene rings is 3. The summed E-state index contributed by atoms with van der Waals surface area (Å²) >= 11 is 0. The van der Waals surface area contributed by atoms with Gasteiger partial charge >= 0.3 is 0 Å². The third-order valence-corrected chi connectivity index (χ3v) is 6.97. The van der Waals surface area contributed by atoms with Crippen LogP contribution in [-0.4, -0.2) is 41.2 Å². The quantitative estimate of drug-likeness (QED) is 0.624. The maximum absolute atomic E-state index is 13.8. The molecule has 1 fully saturated rings. The third kappa shape index (κ3) is 3.81. The second-order valence-electron chi connectivity index (χ2n) is 8.93. The van der Waals surface area contributed by atoms with Gasteiger partial charge in [0.2, 0.25) is 5.91 Å². The predicted octanol–water partition coefficient (Wildman–Crippen LogP) is 4.44. The van der Waals surface area contributed by atoms with Gasteiger partial charge in [-0.2, -0.15) is 0 Å². The molecular formula is C28H28N2O2. The fourth-order valence-electron chi connectivity index (χ4n) is 5.16. The Kier molecular flexibility index (Phi) is 5.52. The highest BCUT2D eigenvalue weighted by Crippen LogP contribution is 2.36. The Balaban J connectivity index is 1.42. The topological polar surface area (TPSA) is 40.6 Å². The van der Waals surface area contributed by atoms with Crippen LogP contribution in [0.3, 0.4) is 0 Å². The van der Waals surface area contributed by atoms with Gasteiger partial charge in [-0.05, 0) is 41.7 Å². The predicted molar refractivity (Wildman–Crippen MR) is 125 cm³/mol. The number of amides is 2. The lowest BCUT2D eigenvalue weighted by Crippen LogP contribution is -2.42. The van der Waals surface area contributed by atoms with Crippen molar-refractivity contribution in [3.05, 3.63) is 107 Å². The second kappa shape index (κ2) is 8.62. The van der Waals surface area contributed by atoms with Gasteiger partial charge in [0.05, 0.1) is 5.92 Å². The van der Waals surface area contributed by atoms with Gasteiger partial charge < -0.3 is 9.80 Å². The molecule has 4 heteroatoms. The van der Waals surface area contributed by atoms with Crippen molar-refractivity contribution in [2.24, 2.45) is 5.92 Å². The molecule has 3 aromatic rings. The van der Waals surface area contributed by atoms with E-state index in [4.69, 9.17) is 0 Å². The summed E-state index contributed by atoms with van der Waals surface area (Å²) in [7, 11) is 0. The summed E-state index contributed by atoms with van der Waals surface area (Å²) < 4.78 is 0. The molecule has 2 aliphatic heterocycles. The molecule has 2 unspecified atom stereocenters. The molecule has 2 aliphatic rings. The van der Waals surface area contributed by atoms with Gasteiger partial charge in [0.1, 0.15) is 0 Å². The SMILES string of the molecule is Cc1ccccc1C(=O)N1CC(C(=O)N2CCc3ccccc3C2)C(c2ccccc2)C1. The molecule has 162 valence electrons. The highest BCUT2D eigenvalue weighted by Gasteiger charge is 2.42. The molecule has 4 nitrogen and oxygen atoms in total. The smallest absolute Gasteiger partial charge is 0.254 e. The highest BCUT2D eigenvalue weighted by molar-refractivity contribution is 5.96. The van der Waals surface area contributed by atoms with Crippen molar-refractivity contribution < 1.29 is 9.59 Å². The van der Waals surface area contributed by atoms with E-state index in [0.29, 0.717) is 19.6 Å². The van der Waals surface area contributed by atoms with Crippen molar-refractivity contribution >= 4 is 11.8 Å². The standard InChI is InChI=1S/C28H28N2O2/c1-20-9-5-8-14-24(20)27(31)30-18-25(22-11-3-2-4-12-22)26(19-30)28(32)29-16-15-21-10-6-7-13-23(21)17-29/h2-14,25-26H,15-19H2,1H3. The molecule has 0 radical (unpaired) electrons. The number of rotatable bonds is 3. The van der Waals surface area contributed by atoms with Crippen LogP contribution in [-0.2, 0) is 17.8 Å². The molecule has 0 bridgehead atoms. The Labute approximate surface area is 189 Å². The van der Waals surface area contributed by atoms with Crippen molar-refractivity contribution in [2.45, 2.75) is 25.8 Å². The van der Waals surface area contributed by atoms with E-state index in [2.05, 4.69) is 30.3 Å². The lowest BCUT2D eigenvalue weighted by Gasteiger charge is -2.32.